The van der Waals surface area contributed by atoms with Crippen molar-refractivity contribution in [2.45, 2.75) is 37.5 Å². The standard InChI is InChI=1S/C21H23Cl2N3O.C2HF3O/c1-26-11-17(16-9-14(22)10-19(23)18(16)12-26)13-4-2-5-15(8-13)25-21(27)20-6-3-7-24-20;3-2(4,5)1-6/h2,4-5,8-10,17,20,24H,3,6-7,11-12H2,1H3,(H,25,27);1H/t17?,20-;/m0./s1. The molecule has 1 amide bonds. The lowest BCUT2D eigenvalue weighted by atomic mass is 9.84. The highest BCUT2D eigenvalue weighted by Gasteiger charge is 2.28. The molecule has 0 saturated carbocycles. The number of nitrogens with zero attached hydrogens (tertiary/aromatic N) is 1. The number of carbonyl (C=O) groups excluding carboxylic acids is 2. The minimum absolute atomic E-state index is 0.0388. The van der Waals surface area contributed by atoms with Gasteiger partial charge in [-0.05, 0) is 67.4 Å². The van der Waals surface area contributed by atoms with Gasteiger partial charge in [-0.25, -0.2) is 0 Å². The van der Waals surface area contributed by atoms with Crippen LogP contribution in [0, 0.1) is 0 Å². The number of nitrogens with one attached hydrogen (secondary N) is 2. The zero-order valence-electron chi connectivity index (χ0n) is 17.9. The fraction of sp³-hybridized carbons (Fsp3) is 0.391. The van der Waals surface area contributed by atoms with Crippen LogP contribution in [0.25, 0.3) is 0 Å². The molecule has 2 aromatic carbocycles. The number of fused-ring (bicyclic) bond motifs is 1. The van der Waals surface area contributed by atoms with Gasteiger partial charge in [0.25, 0.3) is 0 Å². The van der Waals surface area contributed by atoms with Crippen molar-refractivity contribution in [1.82, 2.24) is 10.2 Å². The number of benzene rings is 2. The summed E-state index contributed by atoms with van der Waals surface area (Å²) >= 11 is 12.7. The molecular weight excluding hydrogens is 478 g/mol. The predicted octanol–water partition coefficient (Wildman–Crippen LogP) is 5.01. The van der Waals surface area contributed by atoms with Gasteiger partial charge < -0.3 is 15.5 Å². The summed E-state index contributed by atoms with van der Waals surface area (Å²) in [5.41, 5.74) is 4.28. The first kappa shape index (κ1) is 25.5. The molecular formula is C23H24Cl2F3N3O2. The fourth-order valence-electron chi connectivity index (χ4n) is 4.10. The van der Waals surface area contributed by atoms with Gasteiger partial charge in [-0.3, -0.25) is 9.59 Å². The highest BCUT2D eigenvalue weighted by atomic mass is 35.5. The molecule has 2 aliphatic heterocycles. The third-order valence-electron chi connectivity index (χ3n) is 5.56. The molecule has 0 aliphatic carbocycles. The maximum atomic E-state index is 12.4. The Bertz CT molecular complexity index is 1010. The Kier molecular flexibility index (Phi) is 8.39. The van der Waals surface area contributed by atoms with Crippen LogP contribution in [-0.2, 0) is 16.1 Å². The van der Waals surface area contributed by atoms with E-state index < -0.39 is 12.5 Å². The second-order valence-corrected chi connectivity index (χ2v) is 8.97. The van der Waals surface area contributed by atoms with Gasteiger partial charge in [-0.2, -0.15) is 13.2 Å². The van der Waals surface area contributed by atoms with Gasteiger partial charge in [0, 0.05) is 34.7 Å². The van der Waals surface area contributed by atoms with Crippen molar-refractivity contribution >= 4 is 41.1 Å². The molecule has 0 spiro atoms. The second-order valence-electron chi connectivity index (χ2n) is 8.13. The van der Waals surface area contributed by atoms with E-state index in [0.29, 0.717) is 10.0 Å². The molecule has 1 saturated heterocycles. The molecule has 2 aliphatic rings. The van der Waals surface area contributed by atoms with Crippen LogP contribution in [0.15, 0.2) is 36.4 Å². The number of aldehydes is 1. The van der Waals surface area contributed by atoms with Crippen LogP contribution in [0.4, 0.5) is 18.9 Å². The first-order valence-electron chi connectivity index (χ1n) is 10.4. The third kappa shape index (κ3) is 6.93. The van der Waals surface area contributed by atoms with Gasteiger partial charge in [0.2, 0.25) is 12.2 Å². The fourth-order valence-corrected chi connectivity index (χ4v) is 4.67. The summed E-state index contributed by atoms with van der Waals surface area (Å²) in [4.78, 5) is 23.4. The van der Waals surface area contributed by atoms with E-state index in [1.807, 2.05) is 24.3 Å². The number of anilines is 1. The number of carbonyl (C=O) groups is 2. The van der Waals surface area contributed by atoms with Crippen LogP contribution >= 0.6 is 23.2 Å². The van der Waals surface area contributed by atoms with Crippen LogP contribution in [0.3, 0.4) is 0 Å². The maximum Gasteiger partial charge on any atom is 0.446 e. The summed E-state index contributed by atoms with van der Waals surface area (Å²) in [5.74, 6) is 0.202. The molecule has 0 aromatic heterocycles. The quantitative estimate of drug-likeness (QED) is 0.580. The van der Waals surface area contributed by atoms with Crippen molar-refractivity contribution in [3.05, 3.63) is 63.1 Å². The largest absolute Gasteiger partial charge is 0.446 e. The topological polar surface area (TPSA) is 61.4 Å². The van der Waals surface area contributed by atoms with Crippen molar-refractivity contribution < 1.29 is 22.8 Å². The maximum absolute atomic E-state index is 12.4. The highest BCUT2D eigenvalue weighted by Crippen LogP contribution is 2.38. The Balaban J connectivity index is 0.000000454. The van der Waals surface area contributed by atoms with E-state index in [-0.39, 0.29) is 17.9 Å². The second kappa shape index (κ2) is 10.9. The molecule has 178 valence electrons. The highest BCUT2D eigenvalue weighted by molar-refractivity contribution is 6.35. The van der Waals surface area contributed by atoms with Gasteiger partial charge in [0.1, 0.15) is 0 Å². The van der Waals surface area contributed by atoms with Crippen molar-refractivity contribution in [1.29, 1.82) is 0 Å². The molecule has 4 rings (SSSR count). The lowest BCUT2D eigenvalue weighted by Gasteiger charge is -2.33. The van der Waals surface area contributed by atoms with Crippen LogP contribution in [-0.4, -0.2) is 49.4 Å². The molecule has 5 nitrogen and oxygen atoms in total. The predicted molar refractivity (Wildman–Crippen MR) is 123 cm³/mol. The van der Waals surface area contributed by atoms with E-state index in [9.17, 15) is 18.0 Å². The summed E-state index contributed by atoms with van der Waals surface area (Å²) in [6.07, 6.45) is -3.76. The van der Waals surface area contributed by atoms with Crippen LogP contribution in [0.1, 0.15) is 35.4 Å². The van der Waals surface area contributed by atoms with Crippen molar-refractivity contribution in [2.75, 3.05) is 25.5 Å². The van der Waals surface area contributed by atoms with E-state index in [1.54, 1.807) is 0 Å². The number of rotatable bonds is 3. The molecule has 0 radical (unpaired) electrons. The third-order valence-corrected chi connectivity index (χ3v) is 6.11. The van der Waals surface area contributed by atoms with Crippen LogP contribution in [0.2, 0.25) is 10.0 Å². The van der Waals surface area contributed by atoms with E-state index in [4.69, 9.17) is 28.0 Å². The van der Waals surface area contributed by atoms with Gasteiger partial charge in [0.05, 0.1) is 6.04 Å². The van der Waals surface area contributed by atoms with Gasteiger partial charge in [-0.15, -0.1) is 0 Å². The molecule has 1 fully saturated rings. The minimum Gasteiger partial charge on any atom is -0.325 e. The Morgan fingerprint density at radius 1 is 1.24 bits per heavy atom. The Morgan fingerprint density at radius 3 is 2.61 bits per heavy atom. The summed E-state index contributed by atoms with van der Waals surface area (Å²) in [6, 6.07) is 11.8. The van der Waals surface area contributed by atoms with E-state index >= 15 is 0 Å². The van der Waals surface area contributed by atoms with Crippen molar-refractivity contribution in [2.24, 2.45) is 0 Å². The molecule has 2 N–H and O–H groups in total. The molecule has 2 aromatic rings. The summed E-state index contributed by atoms with van der Waals surface area (Å²) in [6.45, 7) is 2.60. The zero-order chi connectivity index (χ0) is 24.2. The summed E-state index contributed by atoms with van der Waals surface area (Å²) < 4.78 is 31.2. The Labute approximate surface area is 200 Å². The summed E-state index contributed by atoms with van der Waals surface area (Å²) in [5, 5.41) is 7.66. The number of hydrogen-bond acceptors (Lipinski definition) is 4. The van der Waals surface area contributed by atoms with Crippen molar-refractivity contribution in [3.63, 3.8) is 0 Å². The van der Waals surface area contributed by atoms with E-state index in [1.165, 1.54) is 5.56 Å². The van der Waals surface area contributed by atoms with Gasteiger partial charge >= 0.3 is 6.18 Å². The average Bonchev–Trinajstić information content (AvgIpc) is 3.29. The monoisotopic (exact) mass is 501 g/mol. The Hall–Kier alpha value is -2.13. The van der Waals surface area contributed by atoms with E-state index in [0.717, 1.165) is 49.3 Å². The summed E-state index contributed by atoms with van der Waals surface area (Å²) in [7, 11) is 2.10. The van der Waals surface area contributed by atoms with Crippen LogP contribution < -0.4 is 10.6 Å². The number of alkyl halides is 3. The minimum atomic E-state index is -4.64. The first-order chi connectivity index (χ1) is 15.6. The average molecular weight is 502 g/mol. The lowest BCUT2D eigenvalue weighted by molar-refractivity contribution is -0.156. The van der Waals surface area contributed by atoms with Gasteiger partial charge in [0.15, 0.2) is 0 Å². The smallest absolute Gasteiger partial charge is 0.325 e. The van der Waals surface area contributed by atoms with E-state index in [2.05, 4.69) is 34.7 Å². The van der Waals surface area contributed by atoms with Crippen LogP contribution in [0.5, 0.6) is 0 Å². The normalized spacial score (nSPS) is 20.4. The van der Waals surface area contributed by atoms with Gasteiger partial charge in [-0.1, -0.05) is 35.3 Å². The number of halogens is 5. The first-order valence-corrected chi connectivity index (χ1v) is 11.2. The number of amides is 1. The Morgan fingerprint density at radius 2 is 1.97 bits per heavy atom. The molecule has 10 heteroatoms. The molecule has 2 heterocycles. The number of likely N-dealkylation sites (N-methyl/N-ethyl adjacent to an activating group) is 1. The number of hydrogen-bond donors (Lipinski definition) is 2. The molecule has 0 bridgehead atoms. The molecule has 2 atom stereocenters. The van der Waals surface area contributed by atoms with Crippen molar-refractivity contribution in [3.8, 4) is 0 Å². The SMILES string of the molecule is CN1Cc2c(Cl)cc(Cl)cc2C(c2cccc(NC(=O)[C@@H]3CCCN3)c2)C1.O=CC(F)(F)F. The lowest BCUT2D eigenvalue weighted by Crippen LogP contribution is -2.35. The molecule has 1 unspecified atom stereocenters. The zero-order valence-corrected chi connectivity index (χ0v) is 19.4. The molecule has 33 heavy (non-hydrogen) atoms.